The average molecular weight is 231 g/mol. The molecule has 0 fully saturated rings. The Labute approximate surface area is 91.3 Å². The van der Waals surface area contributed by atoms with Gasteiger partial charge in [-0.2, -0.15) is 0 Å². The summed E-state index contributed by atoms with van der Waals surface area (Å²) in [5, 5.41) is 4.94. The first-order chi connectivity index (χ1) is 6.74. The first-order valence-corrected chi connectivity index (χ1v) is 6.15. The Morgan fingerprint density at radius 2 is 2.64 bits per heavy atom. The molecule has 1 rings (SSSR count). The zero-order chi connectivity index (χ0) is 10.4. The number of carbonyl (C=O) groups is 1. The van der Waals surface area contributed by atoms with Gasteiger partial charge >= 0.3 is 0 Å². The van der Waals surface area contributed by atoms with Crippen molar-refractivity contribution in [3.8, 4) is 0 Å². The normalized spacial score (nSPS) is 12.6. The fourth-order valence-electron chi connectivity index (χ4n) is 0.924. The number of hydrogen-bond donors (Lipinski definition) is 2. The third-order valence-electron chi connectivity index (χ3n) is 1.58. The molecule has 0 bridgehead atoms. The molecule has 1 atom stereocenters. The number of primary amides is 1. The first kappa shape index (κ1) is 11.5. The van der Waals surface area contributed by atoms with Gasteiger partial charge in [0.05, 0.1) is 6.04 Å². The number of rotatable bonds is 6. The summed E-state index contributed by atoms with van der Waals surface area (Å²) in [7, 11) is 0. The topological polar surface area (TPSA) is 68.0 Å². The summed E-state index contributed by atoms with van der Waals surface area (Å²) in [5.74, 6) is 0.326. The summed E-state index contributed by atoms with van der Waals surface area (Å²) in [6.45, 7) is 2.69. The predicted molar refractivity (Wildman–Crippen MR) is 59.5 cm³/mol. The lowest BCUT2D eigenvalue weighted by atomic mass is 10.3. The summed E-state index contributed by atoms with van der Waals surface area (Å²) in [5.41, 5.74) is 5.23. The molecule has 6 heteroatoms. The van der Waals surface area contributed by atoms with Crippen LogP contribution < -0.4 is 11.1 Å². The highest BCUT2D eigenvalue weighted by Gasteiger charge is 2.14. The molecular formula is C8H13N3OS2. The molecule has 0 aliphatic heterocycles. The molecule has 0 radical (unpaired) electrons. The molecule has 0 aliphatic rings. The predicted octanol–water partition coefficient (Wildman–Crippen LogP) is 0.699. The number of likely N-dealkylation sites (N-methyl/N-ethyl adjacent to an activating group) is 1. The van der Waals surface area contributed by atoms with Crippen LogP contribution in [0.15, 0.2) is 15.9 Å². The van der Waals surface area contributed by atoms with Gasteiger partial charge in [-0.3, -0.25) is 4.79 Å². The van der Waals surface area contributed by atoms with Crippen molar-refractivity contribution in [2.45, 2.75) is 17.3 Å². The Bertz CT molecular complexity index is 276. The molecule has 0 aromatic carbocycles. The lowest BCUT2D eigenvalue weighted by molar-refractivity contribution is -0.119. The van der Waals surface area contributed by atoms with Gasteiger partial charge in [-0.15, -0.1) is 11.3 Å². The second-order valence-electron chi connectivity index (χ2n) is 2.62. The fourth-order valence-corrected chi connectivity index (χ4v) is 2.65. The number of nitrogens with two attached hydrogens (primary N) is 1. The van der Waals surface area contributed by atoms with Crippen LogP contribution in [-0.2, 0) is 4.79 Å². The van der Waals surface area contributed by atoms with E-state index in [1.165, 1.54) is 0 Å². The zero-order valence-corrected chi connectivity index (χ0v) is 9.53. The van der Waals surface area contributed by atoms with Crippen molar-refractivity contribution < 1.29 is 4.79 Å². The highest BCUT2D eigenvalue weighted by Crippen LogP contribution is 2.20. The minimum absolute atomic E-state index is 0.270. The van der Waals surface area contributed by atoms with Crippen LogP contribution in [0.1, 0.15) is 6.92 Å². The monoisotopic (exact) mass is 231 g/mol. The Kier molecular flexibility index (Phi) is 4.92. The highest BCUT2D eigenvalue weighted by atomic mass is 32.2. The molecule has 1 aromatic heterocycles. The number of carbonyl (C=O) groups excluding carboxylic acids is 1. The Morgan fingerprint density at radius 3 is 3.14 bits per heavy atom. The van der Waals surface area contributed by atoms with Crippen molar-refractivity contribution >= 4 is 29.0 Å². The lowest BCUT2D eigenvalue weighted by Crippen LogP contribution is -2.42. The maximum atomic E-state index is 11.0. The van der Waals surface area contributed by atoms with Gasteiger partial charge in [0.25, 0.3) is 0 Å². The van der Waals surface area contributed by atoms with Crippen molar-refractivity contribution in [2.75, 3.05) is 12.3 Å². The lowest BCUT2D eigenvalue weighted by Gasteiger charge is -2.12. The van der Waals surface area contributed by atoms with Crippen LogP contribution in [0, 0.1) is 0 Å². The summed E-state index contributed by atoms with van der Waals surface area (Å²) >= 11 is 3.11. The zero-order valence-electron chi connectivity index (χ0n) is 7.90. The number of hydrogen-bond acceptors (Lipinski definition) is 5. The number of thioether (sulfide) groups is 1. The number of amides is 1. The standard InChI is InChI=1S/C8H13N3OS2/c1-2-10-6(7(9)12)5-14-8-11-3-4-13-8/h3-4,6,10H,2,5H2,1H3,(H2,9,12). The number of nitrogens with one attached hydrogen (secondary N) is 1. The van der Waals surface area contributed by atoms with Crippen LogP contribution in [0.5, 0.6) is 0 Å². The van der Waals surface area contributed by atoms with Gasteiger partial charge in [-0.25, -0.2) is 4.98 Å². The van der Waals surface area contributed by atoms with Crippen LogP contribution in [0.3, 0.4) is 0 Å². The van der Waals surface area contributed by atoms with E-state index in [0.717, 1.165) is 10.9 Å². The van der Waals surface area contributed by atoms with Crippen LogP contribution in [0.2, 0.25) is 0 Å². The quantitative estimate of drug-likeness (QED) is 0.707. The van der Waals surface area contributed by atoms with E-state index in [0.29, 0.717) is 5.75 Å². The average Bonchev–Trinajstić information content (AvgIpc) is 2.64. The molecule has 0 aliphatic carbocycles. The van der Waals surface area contributed by atoms with E-state index >= 15 is 0 Å². The molecule has 3 N–H and O–H groups in total. The first-order valence-electron chi connectivity index (χ1n) is 4.29. The van der Waals surface area contributed by atoms with E-state index in [4.69, 9.17) is 5.73 Å². The third-order valence-corrected chi connectivity index (χ3v) is 3.64. The molecule has 1 heterocycles. The number of thiazole rings is 1. The molecule has 1 amide bonds. The molecule has 0 spiro atoms. The summed E-state index contributed by atoms with van der Waals surface area (Å²) in [6.07, 6.45) is 1.75. The molecule has 1 unspecified atom stereocenters. The van der Waals surface area contributed by atoms with Crippen LogP contribution in [-0.4, -0.2) is 29.2 Å². The van der Waals surface area contributed by atoms with Crippen molar-refractivity contribution in [3.63, 3.8) is 0 Å². The molecule has 14 heavy (non-hydrogen) atoms. The van der Waals surface area contributed by atoms with Crippen molar-refractivity contribution in [1.82, 2.24) is 10.3 Å². The van der Waals surface area contributed by atoms with Gasteiger partial charge in [-0.1, -0.05) is 18.7 Å². The van der Waals surface area contributed by atoms with E-state index in [-0.39, 0.29) is 11.9 Å². The molecule has 0 saturated heterocycles. The van der Waals surface area contributed by atoms with Gasteiger partial charge in [0.2, 0.25) is 5.91 Å². The highest BCUT2D eigenvalue weighted by molar-refractivity contribution is 8.01. The molecule has 4 nitrogen and oxygen atoms in total. The van der Waals surface area contributed by atoms with Crippen LogP contribution in [0.4, 0.5) is 0 Å². The SMILES string of the molecule is CCNC(CSc1nccs1)C(N)=O. The van der Waals surface area contributed by atoms with E-state index in [1.807, 2.05) is 12.3 Å². The minimum atomic E-state index is -0.309. The molecule has 1 aromatic rings. The van der Waals surface area contributed by atoms with Crippen LogP contribution >= 0.6 is 23.1 Å². The number of aromatic nitrogens is 1. The van der Waals surface area contributed by atoms with Gasteiger partial charge in [-0.05, 0) is 6.54 Å². The van der Waals surface area contributed by atoms with E-state index in [9.17, 15) is 4.79 Å². The summed E-state index contributed by atoms with van der Waals surface area (Å²) < 4.78 is 0.967. The Hall–Kier alpha value is -0.590. The van der Waals surface area contributed by atoms with Crippen molar-refractivity contribution in [3.05, 3.63) is 11.6 Å². The van der Waals surface area contributed by atoms with E-state index in [1.54, 1.807) is 29.3 Å². The summed E-state index contributed by atoms with van der Waals surface area (Å²) in [6, 6.07) is -0.270. The Balaban J connectivity index is 2.37. The van der Waals surface area contributed by atoms with Gasteiger partial charge in [0, 0.05) is 17.3 Å². The van der Waals surface area contributed by atoms with Crippen molar-refractivity contribution in [1.29, 1.82) is 0 Å². The third kappa shape index (κ3) is 3.65. The van der Waals surface area contributed by atoms with Crippen LogP contribution in [0.25, 0.3) is 0 Å². The largest absolute Gasteiger partial charge is 0.368 e. The molecular weight excluding hydrogens is 218 g/mol. The maximum Gasteiger partial charge on any atom is 0.235 e. The second kappa shape index (κ2) is 6.00. The van der Waals surface area contributed by atoms with Gasteiger partial charge in [0.15, 0.2) is 0 Å². The minimum Gasteiger partial charge on any atom is -0.368 e. The fraction of sp³-hybridized carbons (Fsp3) is 0.500. The van der Waals surface area contributed by atoms with Gasteiger partial charge in [0.1, 0.15) is 4.34 Å². The Morgan fingerprint density at radius 1 is 1.86 bits per heavy atom. The van der Waals surface area contributed by atoms with E-state index < -0.39 is 0 Å². The molecule has 78 valence electrons. The van der Waals surface area contributed by atoms with Gasteiger partial charge < -0.3 is 11.1 Å². The smallest absolute Gasteiger partial charge is 0.235 e. The van der Waals surface area contributed by atoms with E-state index in [2.05, 4.69) is 10.3 Å². The number of nitrogens with zero attached hydrogens (tertiary/aromatic N) is 1. The molecule has 0 saturated carbocycles. The van der Waals surface area contributed by atoms with Crippen molar-refractivity contribution in [2.24, 2.45) is 5.73 Å². The maximum absolute atomic E-state index is 11.0. The summed E-state index contributed by atoms with van der Waals surface area (Å²) in [4.78, 5) is 15.1. The second-order valence-corrected chi connectivity index (χ2v) is 4.78.